The van der Waals surface area contributed by atoms with Crippen molar-refractivity contribution in [3.63, 3.8) is 0 Å². The molecule has 1 aliphatic rings. The molecule has 1 amide bonds. The Morgan fingerprint density at radius 1 is 1.82 bits per heavy atom. The fourth-order valence-corrected chi connectivity index (χ4v) is 2.23. The average Bonchev–Trinajstić information content (AvgIpc) is 2.04. The number of carbonyl (C=O) groups is 1. The van der Waals surface area contributed by atoms with Crippen LogP contribution < -0.4 is 5.73 Å². The summed E-state index contributed by atoms with van der Waals surface area (Å²) >= 11 is 1.90. The molecule has 1 unspecified atom stereocenters. The Bertz CT molecular complexity index is 151. The Hall–Kier alpha value is -0.220. The Morgan fingerprint density at radius 2 is 2.55 bits per heavy atom. The summed E-state index contributed by atoms with van der Waals surface area (Å²) in [5.74, 6) is 2.18. The van der Waals surface area contributed by atoms with Crippen LogP contribution in [0.5, 0.6) is 0 Å². The Labute approximate surface area is 71.3 Å². The number of carbonyl (C=O) groups excluding carboxylic acids is 1. The van der Waals surface area contributed by atoms with Gasteiger partial charge in [-0.1, -0.05) is 0 Å². The van der Waals surface area contributed by atoms with E-state index in [-0.39, 0.29) is 12.5 Å². The lowest BCUT2D eigenvalue weighted by molar-refractivity contribution is -0.131. The van der Waals surface area contributed by atoms with Gasteiger partial charge in [0.05, 0.1) is 6.54 Å². The maximum absolute atomic E-state index is 11.2. The first-order chi connectivity index (χ1) is 5.25. The minimum atomic E-state index is 0.0813. The zero-order valence-electron chi connectivity index (χ0n) is 6.75. The second-order valence-corrected chi connectivity index (χ2v) is 3.87. The van der Waals surface area contributed by atoms with Gasteiger partial charge in [0.1, 0.15) is 0 Å². The van der Waals surface area contributed by atoms with Gasteiger partial charge in [-0.05, 0) is 6.92 Å². The molecule has 1 fully saturated rings. The van der Waals surface area contributed by atoms with Gasteiger partial charge in [0, 0.05) is 24.1 Å². The second kappa shape index (κ2) is 3.97. The molecule has 1 atom stereocenters. The molecule has 0 radical (unpaired) electrons. The largest absolute Gasteiger partial charge is 0.337 e. The van der Waals surface area contributed by atoms with Crippen molar-refractivity contribution in [2.24, 2.45) is 5.73 Å². The zero-order chi connectivity index (χ0) is 8.27. The van der Waals surface area contributed by atoms with E-state index in [1.165, 1.54) is 0 Å². The van der Waals surface area contributed by atoms with Crippen LogP contribution in [0.25, 0.3) is 0 Å². The zero-order valence-corrected chi connectivity index (χ0v) is 7.56. The molecule has 3 nitrogen and oxygen atoms in total. The van der Waals surface area contributed by atoms with Crippen LogP contribution in [0.3, 0.4) is 0 Å². The summed E-state index contributed by atoms with van der Waals surface area (Å²) in [5.41, 5.74) is 5.27. The maximum atomic E-state index is 11.2. The van der Waals surface area contributed by atoms with Crippen molar-refractivity contribution in [3.8, 4) is 0 Å². The molecule has 0 aromatic rings. The van der Waals surface area contributed by atoms with E-state index in [0.29, 0.717) is 6.04 Å². The number of hydrogen-bond acceptors (Lipinski definition) is 3. The van der Waals surface area contributed by atoms with Gasteiger partial charge in [-0.3, -0.25) is 4.79 Å². The van der Waals surface area contributed by atoms with E-state index in [1.807, 2.05) is 16.7 Å². The molecule has 0 aliphatic carbocycles. The van der Waals surface area contributed by atoms with Crippen LogP contribution in [0.1, 0.15) is 6.92 Å². The smallest absolute Gasteiger partial charge is 0.236 e. The van der Waals surface area contributed by atoms with Gasteiger partial charge in [-0.25, -0.2) is 0 Å². The molecule has 11 heavy (non-hydrogen) atoms. The summed E-state index contributed by atoms with van der Waals surface area (Å²) in [6.45, 7) is 3.08. The van der Waals surface area contributed by atoms with Crippen molar-refractivity contribution in [2.75, 3.05) is 24.6 Å². The third-order valence-electron chi connectivity index (χ3n) is 1.86. The summed E-state index contributed by atoms with van der Waals surface area (Å²) in [5, 5.41) is 0. The SMILES string of the molecule is CC1CSCCN1C(=O)CN. The summed E-state index contributed by atoms with van der Waals surface area (Å²) in [6, 6.07) is 0.366. The third-order valence-corrected chi connectivity index (χ3v) is 3.05. The molecular weight excluding hydrogens is 160 g/mol. The molecule has 0 aromatic heterocycles. The maximum Gasteiger partial charge on any atom is 0.236 e. The van der Waals surface area contributed by atoms with Crippen molar-refractivity contribution in [1.82, 2.24) is 4.90 Å². The van der Waals surface area contributed by atoms with E-state index in [1.54, 1.807) is 0 Å². The molecule has 0 aromatic carbocycles. The molecular formula is C7H14N2OS. The molecule has 0 spiro atoms. The van der Waals surface area contributed by atoms with E-state index in [9.17, 15) is 4.79 Å². The van der Waals surface area contributed by atoms with E-state index >= 15 is 0 Å². The van der Waals surface area contributed by atoms with Crippen molar-refractivity contribution >= 4 is 17.7 Å². The molecule has 2 N–H and O–H groups in total. The first-order valence-corrected chi connectivity index (χ1v) is 4.98. The lowest BCUT2D eigenvalue weighted by Gasteiger charge is -2.32. The monoisotopic (exact) mass is 174 g/mol. The van der Waals surface area contributed by atoms with Gasteiger partial charge in [0.15, 0.2) is 0 Å². The van der Waals surface area contributed by atoms with Crippen LogP contribution >= 0.6 is 11.8 Å². The van der Waals surface area contributed by atoms with Crippen molar-refractivity contribution < 1.29 is 4.79 Å². The van der Waals surface area contributed by atoms with Crippen LogP contribution in [-0.2, 0) is 4.79 Å². The van der Waals surface area contributed by atoms with Gasteiger partial charge < -0.3 is 10.6 Å². The van der Waals surface area contributed by atoms with Crippen LogP contribution in [0.4, 0.5) is 0 Å². The molecule has 1 saturated heterocycles. The predicted molar refractivity (Wildman–Crippen MR) is 47.6 cm³/mol. The average molecular weight is 174 g/mol. The molecule has 64 valence electrons. The Kier molecular flexibility index (Phi) is 3.20. The number of amides is 1. The van der Waals surface area contributed by atoms with Crippen molar-refractivity contribution in [1.29, 1.82) is 0 Å². The number of hydrogen-bond donors (Lipinski definition) is 1. The summed E-state index contributed by atoms with van der Waals surface area (Å²) in [7, 11) is 0. The fourth-order valence-electron chi connectivity index (χ4n) is 1.21. The first-order valence-electron chi connectivity index (χ1n) is 3.83. The van der Waals surface area contributed by atoms with Gasteiger partial charge in [0.2, 0.25) is 5.91 Å². The van der Waals surface area contributed by atoms with Crippen LogP contribution in [0.15, 0.2) is 0 Å². The van der Waals surface area contributed by atoms with E-state index in [4.69, 9.17) is 5.73 Å². The summed E-state index contributed by atoms with van der Waals surface area (Å²) in [6.07, 6.45) is 0. The highest BCUT2D eigenvalue weighted by Gasteiger charge is 2.21. The van der Waals surface area contributed by atoms with Gasteiger partial charge >= 0.3 is 0 Å². The molecule has 0 bridgehead atoms. The number of nitrogens with zero attached hydrogens (tertiary/aromatic N) is 1. The summed E-state index contributed by atoms with van der Waals surface area (Å²) in [4.78, 5) is 13.0. The highest BCUT2D eigenvalue weighted by molar-refractivity contribution is 7.99. The quantitative estimate of drug-likeness (QED) is 0.604. The highest BCUT2D eigenvalue weighted by atomic mass is 32.2. The molecule has 1 rings (SSSR count). The fraction of sp³-hybridized carbons (Fsp3) is 0.857. The molecule has 1 aliphatic heterocycles. The molecule has 1 heterocycles. The Morgan fingerprint density at radius 3 is 3.09 bits per heavy atom. The third kappa shape index (κ3) is 2.10. The second-order valence-electron chi connectivity index (χ2n) is 2.72. The number of rotatable bonds is 1. The number of thioether (sulfide) groups is 1. The van der Waals surface area contributed by atoms with E-state index in [0.717, 1.165) is 18.1 Å². The van der Waals surface area contributed by atoms with Crippen LogP contribution in [-0.4, -0.2) is 41.4 Å². The van der Waals surface area contributed by atoms with Crippen molar-refractivity contribution in [2.45, 2.75) is 13.0 Å². The Balaban J connectivity index is 2.47. The van der Waals surface area contributed by atoms with Gasteiger partial charge in [0.25, 0.3) is 0 Å². The predicted octanol–water partition coefficient (Wildman–Crippen LogP) is -0.0910. The lowest BCUT2D eigenvalue weighted by Crippen LogP contribution is -2.46. The molecule has 0 saturated carbocycles. The van der Waals surface area contributed by atoms with Gasteiger partial charge in [-0.2, -0.15) is 11.8 Å². The lowest BCUT2D eigenvalue weighted by atomic mass is 10.3. The summed E-state index contributed by atoms with van der Waals surface area (Å²) < 4.78 is 0. The normalized spacial score (nSPS) is 25.3. The first kappa shape index (κ1) is 8.87. The molecule has 4 heteroatoms. The van der Waals surface area contributed by atoms with E-state index < -0.39 is 0 Å². The number of nitrogens with two attached hydrogens (primary N) is 1. The minimum Gasteiger partial charge on any atom is -0.337 e. The van der Waals surface area contributed by atoms with Gasteiger partial charge in [-0.15, -0.1) is 0 Å². The van der Waals surface area contributed by atoms with E-state index in [2.05, 4.69) is 6.92 Å². The topological polar surface area (TPSA) is 46.3 Å². The van der Waals surface area contributed by atoms with Crippen LogP contribution in [0, 0.1) is 0 Å². The highest BCUT2D eigenvalue weighted by Crippen LogP contribution is 2.15. The minimum absolute atomic E-state index is 0.0813. The standard InChI is InChI=1S/C7H14N2OS/c1-6-5-11-3-2-9(6)7(10)4-8/h6H,2-5,8H2,1H3. The van der Waals surface area contributed by atoms with Crippen LogP contribution in [0.2, 0.25) is 0 Å². The van der Waals surface area contributed by atoms with Crippen molar-refractivity contribution in [3.05, 3.63) is 0 Å².